The first kappa shape index (κ1) is 19.7. The minimum absolute atomic E-state index is 0.0357. The van der Waals surface area contributed by atoms with E-state index >= 15 is 0 Å². The average molecular weight is 444 g/mol. The maximum absolute atomic E-state index is 11.0. The molecule has 0 spiro atoms. The van der Waals surface area contributed by atoms with Gasteiger partial charge in [0.2, 0.25) is 11.6 Å². The summed E-state index contributed by atoms with van der Waals surface area (Å²) in [7, 11) is 0. The van der Waals surface area contributed by atoms with Crippen LogP contribution in [0.1, 0.15) is 5.56 Å². The zero-order valence-electron chi connectivity index (χ0n) is 16.6. The van der Waals surface area contributed by atoms with Crippen LogP contribution in [0.2, 0.25) is 0 Å². The molecule has 0 aliphatic carbocycles. The van der Waals surface area contributed by atoms with E-state index in [4.69, 9.17) is 14.5 Å². The van der Waals surface area contributed by atoms with Crippen LogP contribution in [0.5, 0.6) is 11.5 Å². The summed E-state index contributed by atoms with van der Waals surface area (Å²) in [6.45, 7) is 0.208. The molecular formula is C23H16N4O4S. The van der Waals surface area contributed by atoms with E-state index in [2.05, 4.69) is 5.10 Å². The Balaban J connectivity index is 1.58. The van der Waals surface area contributed by atoms with Gasteiger partial charge in [0, 0.05) is 23.1 Å². The molecule has 2 heterocycles. The van der Waals surface area contributed by atoms with Crippen LogP contribution < -0.4 is 14.3 Å². The van der Waals surface area contributed by atoms with Gasteiger partial charge in [-0.25, -0.2) is 9.67 Å². The number of fused-ring (bicyclic) bond motifs is 1. The predicted octanol–water partition coefficient (Wildman–Crippen LogP) is 4.97. The van der Waals surface area contributed by atoms with Crippen LogP contribution >= 0.6 is 11.3 Å². The lowest BCUT2D eigenvalue weighted by Gasteiger charge is -2.04. The summed E-state index contributed by atoms with van der Waals surface area (Å²) in [5, 5.41) is 17.6. The van der Waals surface area contributed by atoms with Crippen molar-refractivity contribution in [2.24, 2.45) is 10.1 Å². The number of ether oxygens (including phenoxy) is 2. The molecule has 4 aromatic rings. The zero-order chi connectivity index (χ0) is 21.9. The molecule has 5 rings (SSSR count). The van der Waals surface area contributed by atoms with Gasteiger partial charge in [-0.3, -0.25) is 10.1 Å². The standard InChI is InChI=1S/C23H16N4O4S/c28-27(29)19-9-7-17(8-10-19)20-14-32-23(25-18-4-2-1-3-5-18)26(20)24-13-16-6-11-21-22(12-16)31-15-30-21/h1-14H,15H2. The molecule has 1 aliphatic heterocycles. The van der Waals surface area contributed by atoms with E-state index in [1.807, 2.05) is 53.9 Å². The highest BCUT2D eigenvalue weighted by Crippen LogP contribution is 2.32. The van der Waals surface area contributed by atoms with Gasteiger partial charge in [0.25, 0.3) is 5.69 Å². The van der Waals surface area contributed by atoms with E-state index in [1.54, 1.807) is 23.0 Å². The topological polar surface area (TPSA) is 91.2 Å². The van der Waals surface area contributed by atoms with Crippen molar-refractivity contribution in [2.75, 3.05) is 6.79 Å². The summed E-state index contributed by atoms with van der Waals surface area (Å²) in [4.78, 5) is 16.0. The largest absolute Gasteiger partial charge is 0.454 e. The fraction of sp³-hybridized carbons (Fsp3) is 0.0435. The SMILES string of the molecule is O=[N+]([O-])c1ccc(-c2csc(=Nc3ccccc3)n2N=Cc2ccc3c(c2)OCO3)cc1. The number of benzene rings is 3. The number of hydrogen-bond acceptors (Lipinski definition) is 7. The maximum atomic E-state index is 11.0. The van der Waals surface area contributed by atoms with E-state index in [0.717, 1.165) is 22.5 Å². The Morgan fingerprint density at radius 2 is 1.78 bits per heavy atom. The van der Waals surface area contributed by atoms with Crippen molar-refractivity contribution in [1.82, 2.24) is 4.68 Å². The maximum Gasteiger partial charge on any atom is 0.269 e. The molecule has 158 valence electrons. The lowest BCUT2D eigenvalue weighted by Crippen LogP contribution is -2.11. The number of non-ortho nitro benzene ring substituents is 1. The Morgan fingerprint density at radius 1 is 1.00 bits per heavy atom. The number of para-hydroxylation sites is 1. The average Bonchev–Trinajstić information content (AvgIpc) is 3.45. The minimum Gasteiger partial charge on any atom is -0.454 e. The minimum atomic E-state index is -0.417. The van der Waals surface area contributed by atoms with E-state index in [9.17, 15) is 10.1 Å². The number of nitrogens with zero attached hydrogens (tertiary/aromatic N) is 4. The number of hydrogen-bond donors (Lipinski definition) is 0. The quantitative estimate of drug-likeness (QED) is 0.247. The summed E-state index contributed by atoms with van der Waals surface area (Å²) < 4.78 is 12.5. The van der Waals surface area contributed by atoms with Crippen LogP contribution in [-0.4, -0.2) is 22.6 Å². The Kier molecular flexibility index (Phi) is 5.22. The van der Waals surface area contributed by atoms with Gasteiger partial charge in [0.15, 0.2) is 11.5 Å². The summed E-state index contributed by atoms with van der Waals surface area (Å²) >= 11 is 1.44. The first-order chi connectivity index (χ1) is 15.7. The van der Waals surface area contributed by atoms with Crippen molar-refractivity contribution in [2.45, 2.75) is 0 Å². The lowest BCUT2D eigenvalue weighted by atomic mass is 10.1. The fourth-order valence-corrected chi connectivity index (χ4v) is 4.03. The van der Waals surface area contributed by atoms with E-state index in [-0.39, 0.29) is 12.5 Å². The van der Waals surface area contributed by atoms with Gasteiger partial charge in [0.05, 0.1) is 22.5 Å². The lowest BCUT2D eigenvalue weighted by molar-refractivity contribution is -0.384. The van der Waals surface area contributed by atoms with Crippen molar-refractivity contribution in [1.29, 1.82) is 0 Å². The fourth-order valence-electron chi connectivity index (χ4n) is 3.17. The van der Waals surface area contributed by atoms with Crippen LogP contribution in [0, 0.1) is 10.1 Å². The number of thiazole rings is 1. The van der Waals surface area contributed by atoms with Gasteiger partial charge < -0.3 is 9.47 Å². The van der Waals surface area contributed by atoms with Gasteiger partial charge in [0.1, 0.15) is 0 Å². The zero-order valence-corrected chi connectivity index (χ0v) is 17.4. The molecule has 9 heteroatoms. The van der Waals surface area contributed by atoms with Gasteiger partial charge in [-0.15, -0.1) is 11.3 Å². The first-order valence-corrected chi connectivity index (χ1v) is 10.5. The molecule has 3 aromatic carbocycles. The second-order valence-corrected chi connectivity index (χ2v) is 7.66. The Morgan fingerprint density at radius 3 is 2.56 bits per heavy atom. The highest BCUT2D eigenvalue weighted by molar-refractivity contribution is 7.07. The molecule has 0 fully saturated rings. The molecule has 0 bridgehead atoms. The first-order valence-electron chi connectivity index (χ1n) is 9.66. The van der Waals surface area contributed by atoms with E-state index in [0.29, 0.717) is 16.3 Å². The second-order valence-electron chi connectivity index (χ2n) is 6.82. The van der Waals surface area contributed by atoms with Crippen molar-refractivity contribution in [3.8, 4) is 22.8 Å². The molecule has 32 heavy (non-hydrogen) atoms. The molecule has 0 N–H and O–H groups in total. The molecule has 8 nitrogen and oxygen atoms in total. The van der Waals surface area contributed by atoms with Crippen molar-refractivity contribution in [3.05, 3.63) is 98.7 Å². The third kappa shape index (κ3) is 4.01. The Labute approximate surface area is 186 Å². The molecule has 1 aromatic heterocycles. The number of nitro groups is 1. The van der Waals surface area contributed by atoms with Crippen LogP contribution in [-0.2, 0) is 0 Å². The highest BCUT2D eigenvalue weighted by atomic mass is 32.1. The highest BCUT2D eigenvalue weighted by Gasteiger charge is 2.13. The second kappa shape index (κ2) is 8.48. The molecule has 0 radical (unpaired) electrons. The Bertz CT molecular complexity index is 1380. The third-order valence-electron chi connectivity index (χ3n) is 4.76. The number of nitro benzene ring substituents is 1. The molecule has 0 saturated heterocycles. The van der Waals surface area contributed by atoms with Crippen LogP contribution in [0.3, 0.4) is 0 Å². The Hall–Kier alpha value is -4.24. The van der Waals surface area contributed by atoms with Crippen molar-refractivity contribution < 1.29 is 14.4 Å². The van der Waals surface area contributed by atoms with E-state index in [1.165, 1.54) is 23.5 Å². The van der Waals surface area contributed by atoms with Crippen LogP contribution in [0.25, 0.3) is 11.3 Å². The molecule has 0 saturated carbocycles. The van der Waals surface area contributed by atoms with Gasteiger partial charge in [-0.05, 0) is 48.0 Å². The monoisotopic (exact) mass is 444 g/mol. The molecule has 1 aliphatic rings. The van der Waals surface area contributed by atoms with Crippen molar-refractivity contribution >= 4 is 28.9 Å². The predicted molar refractivity (Wildman–Crippen MR) is 122 cm³/mol. The number of rotatable bonds is 5. The smallest absolute Gasteiger partial charge is 0.269 e. The molecule has 0 amide bonds. The van der Waals surface area contributed by atoms with Crippen molar-refractivity contribution in [3.63, 3.8) is 0 Å². The normalized spacial score (nSPS) is 13.1. The molecule has 0 atom stereocenters. The van der Waals surface area contributed by atoms with E-state index < -0.39 is 4.92 Å². The molecular weight excluding hydrogens is 428 g/mol. The summed E-state index contributed by atoms with van der Waals surface area (Å²) in [5.41, 5.74) is 3.25. The van der Waals surface area contributed by atoms with Gasteiger partial charge >= 0.3 is 0 Å². The van der Waals surface area contributed by atoms with Crippen LogP contribution in [0.15, 0.2) is 88.3 Å². The summed E-state index contributed by atoms with van der Waals surface area (Å²) in [6.07, 6.45) is 1.72. The van der Waals surface area contributed by atoms with Gasteiger partial charge in [-0.1, -0.05) is 18.2 Å². The third-order valence-corrected chi connectivity index (χ3v) is 5.58. The summed E-state index contributed by atoms with van der Waals surface area (Å²) in [5.74, 6) is 1.38. The number of aromatic nitrogens is 1. The summed E-state index contributed by atoms with van der Waals surface area (Å²) in [6, 6.07) is 21.6. The molecule has 0 unspecified atom stereocenters. The van der Waals surface area contributed by atoms with Gasteiger partial charge in [-0.2, -0.15) is 5.10 Å². The van der Waals surface area contributed by atoms with Crippen LogP contribution in [0.4, 0.5) is 11.4 Å².